The molecule has 0 unspecified atom stereocenters. The second-order valence-corrected chi connectivity index (χ2v) is 10.2. The van der Waals surface area contributed by atoms with E-state index < -0.39 is 11.2 Å². The van der Waals surface area contributed by atoms with Crippen LogP contribution in [0.4, 0.5) is 0 Å². The molecule has 2 nitrogen and oxygen atoms in total. The lowest BCUT2D eigenvalue weighted by Crippen LogP contribution is -2.35. The van der Waals surface area contributed by atoms with Gasteiger partial charge in [0.2, 0.25) is 0 Å². The molecule has 0 aromatic rings. The zero-order valence-electron chi connectivity index (χ0n) is 21.5. The first-order valence-electron chi connectivity index (χ1n) is 13.9. The molecule has 30 heavy (non-hydrogen) atoms. The highest BCUT2D eigenvalue weighted by molar-refractivity contribution is 4.86. The Morgan fingerprint density at radius 2 is 0.567 bits per heavy atom. The summed E-state index contributed by atoms with van der Waals surface area (Å²) in [4.78, 5) is 0. The van der Waals surface area contributed by atoms with Crippen molar-refractivity contribution in [3.63, 3.8) is 0 Å². The maximum absolute atomic E-state index is 11.5. The molecule has 0 rings (SSSR count). The van der Waals surface area contributed by atoms with Crippen LogP contribution >= 0.6 is 0 Å². The van der Waals surface area contributed by atoms with Crippen molar-refractivity contribution in [1.29, 1.82) is 0 Å². The summed E-state index contributed by atoms with van der Waals surface area (Å²) >= 11 is 0. The Labute approximate surface area is 190 Å². The van der Waals surface area contributed by atoms with Gasteiger partial charge in [-0.15, -0.1) is 0 Å². The van der Waals surface area contributed by atoms with Gasteiger partial charge in [0.1, 0.15) is 0 Å². The molecule has 0 atom stereocenters. The van der Waals surface area contributed by atoms with Gasteiger partial charge in [0.15, 0.2) is 0 Å². The third kappa shape index (κ3) is 16.6. The normalized spacial score (nSPS) is 12.6. The van der Waals surface area contributed by atoms with Gasteiger partial charge in [0.25, 0.3) is 0 Å². The van der Waals surface area contributed by atoms with E-state index in [4.69, 9.17) is 0 Å². The van der Waals surface area contributed by atoms with E-state index in [1.807, 2.05) is 0 Å². The maximum atomic E-state index is 11.5. The number of hydrogen-bond acceptors (Lipinski definition) is 2. The largest absolute Gasteiger partial charge is 0.390 e. The van der Waals surface area contributed by atoms with Crippen LogP contribution in [0.15, 0.2) is 0 Å². The molecular weight excluding hydrogens is 368 g/mol. The topological polar surface area (TPSA) is 40.5 Å². The van der Waals surface area contributed by atoms with E-state index in [0.717, 1.165) is 64.2 Å². The summed E-state index contributed by atoms with van der Waals surface area (Å²) in [6, 6.07) is 0. The SMILES string of the molecule is CCCCCCC(O)(CCCCCC)CCC(O)(CCCCCC)CCCCCC. The Bertz CT molecular complexity index is 295. The van der Waals surface area contributed by atoms with Gasteiger partial charge < -0.3 is 10.2 Å². The first-order chi connectivity index (χ1) is 14.4. The van der Waals surface area contributed by atoms with Crippen LogP contribution in [0.3, 0.4) is 0 Å². The fourth-order valence-electron chi connectivity index (χ4n) is 4.74. The first kappa shape index (κ1) is 29.9. The van der Waals surface area contributed by atoms with Gasteiger partial charge in [0.05, 0.1) is 11.2 Å². The molecule has 0 aliphatic carbocycles. The average Bonchev–Trinajstić information content (AvgIpc) is 2.74. The third-order valence-electron chi connectivity index (χ3n) is 7.04. The summed E-state index contributed by atoms with van der Waals surface area (Å²) in [5.74, 6) is 0. The maximum Gasteiger partial charge on any atom is 0.0648 e. The Morgan fingerprint density at radius 1 is 0.333 bits per heavy atom. The van der Waals surface area contributed by atoms with E-state index >= 15 is 0 Å². The molecule has 0 aliphatic heterocycles. The highest BCUT2D eigenvalue weighted by Crippen LogP contribution is 2.34. The van der Waals surface area contributed by atoms with Crippen molar-refractivity contribution in [2.75, 3.05) is 0 Å². The van der Waals surface area contributed by atoms with Crippen molar-refractivity contribution < 1.29 is 10.2 Å². The van der Waals surface area contributed by atoms with Crippen LogP contribution in [0.5, 0.6) is 0 Å². The number of aliphatic hydroxyl groups is 2. The predicted molar refractivity (Wildman–Crippen MR) is 134 cm³/mol. The minimum Gasteiger partial charge on any atom is -0.390 e. The Kier molecular flexibility index (Phi) is 19.5. The molecule has 0 aliphatic rings. The minimum absolute atomic E-state index is 0.567. The van der Waals surface area contributed by atoms with Crippen LogP contribution in [0.2, 0.25) is 0 Å². The molecule has 0 heterocycles. The highest BCUT2D eigenvalue weighted by atomic mass is 16.3. The van der Waals surface area contributed by atoms with E-state index in [0.29, 0.717) is 0 Å². The molecule has 0 amide bonds. The third-order valence-corrected chi connectivity index (χ3v) is 7.04. The Hall–Kier alpha value is -0.0800. The lowest BCUT2D eigenvalue weighted by Gasteiger charge is -2.35. The van der Waals surface area contributed by atoms with Crippen LogP contribution in [0, 0.1) is 0 Å². The van der Waals surface area contributed by atoms with Crippen LogP contribution in [0.1, 0.15) is 169 Å². The van der Waals surface area contributed by atoms with Crippen LogP contribution in [0.25, 0.3) is 0 Å². The van der Waals surface area contributed by atoms with Crippen molar-refractivity contribution >= 4 is 0 Å². The van der Waals surface area contributed by atoms with Crippen LogP contribution < -0.4 is 0 Å². The van der Waals surface area contributed by atoms with Gasteiger partial charge in [-0.3, -0.25) is 0 Å². The molecule has 0 fully saturated rings. The zero-order valence-corrected chi connectivity index (χ0v) is 21.5. The van der Waals surface area contributed by atoms with Crippen LogP contribution in [-0.4, -0.2) is 21.4 Å². The Morgan fingerprint density at radius 3 is 0.767 bits per heavy atom. The fraction of sp³-hybridized carbons (Fsp3) is 1.00. The summed E-state index contributed by atoms with van der Waals surface area (Å²) in [5, 5.41) is 23.0. The van der Waals surface area contributed by atoms with Gasteiger partial charge >= 0.3 is 0 Å². The zero-order chi connectivity index (χ0) is 22.6. The van der Waals surface area contributed by atoms with Crippen molar-refractivity contribution in [3.8, 4) is 0 Å². The molecule has 0 saturated carbocycles. The summed E-state index contributed by atoms with van der Waals surface area (Å²) in [6.45, 7) is 8.98. The van der Waals surface area contributed by atoms with Gasteiger partial charge in [-0.25, -0.2) is 0 Å². The molecule has 182 valence electrons. The molecule has 0 bridgehead atoms. The second kappa shape index (κ2) is 19.6. The van der Waals surface area contributed by atoms with Gasteiger partial charge in [-0.05, 0) is 38.5 Å². The van der Waals surface area contributed by atoms with E-state index in [1.165, 1.54) is 77.0 Å². The quantitative estimate of drug-likeness (QED) is 0.160. The molecule has 0 spiro atoms. The van der Waals surface area contributed by atoms with E-state index in [2.05, 4.69) is 27.7 Å². The molecule has 0 saturated heterocycles. The lowest BCUT2D eigenvalue weighted by molar-refractivity contribution is -0.0411. The van der Waals surface area contributed by atoms with Gasteiger partial charge in [0, 0.05) is 0 Å². The standard InChI is InChI=1S/C28H58O2/c1-5-9-13-17-21-27(29,22-18-14-10-6-2)25-26-28(30,23-19-15-11-7-3)24-20-16-12-8-4/h29-30H,5-26H2,1-4H3. The van der Waals surface area contributed by atoms with Gasteiger partial charge in [-0.2, -0.15) is 0 Å². The molecule has 0 radical (unpaired) electrons. The van der Waals surface area contributed by atoms with Crippen molar-refractivity contribution in [1.82, 2.24) is 0 Å². The number of rotatable bonds is 23. The summed E-state index contributed by atoms with van der Waals surface area (Å²) < 4.78 is 0. The minimum atomic E-state index is -0.567. The van der Waals surface area contributed by atoms with Crippen LogP contribution in [-0.2, 0) is 0 Å². The van der Waals surface area contributed by atoms with E-state index in [1.54, 1.807) is 0 Å². The average molecular weight is 427 g/mol. The second-order valence-electron chi connectivity index (χ2n) is 10.2. The molecule has 0 aromatic carbocycles. The predicted octanol–water partition coefficient (Wildman–Crippen LogP) is 9.11. The van der Waals surface area contributed by atoms with E-state index in [-0.39, 0.29) is 0 Å². The molecule has 0 aromatic heterocycles. The van der Waals surface area contributed by atoms with E-state index in [9.17, 15) is 10.2 Å². The monoisotopic (exact) mass is 426 g/mol. The van der Waals surface area contributed by atoms with Crippen molar-refractivity contribution in [3.05, 3.63) is 0 Å². The van der Waals surface area contributed by atoms with Gasteiger partial charge in [-0.1, -0.05) is 130 Å². The molecular formula is C28H58O2. The molecule has 2 N–H and O–H groups in total. The lowest BCUT2D eigenvalue weighted by atomic mass is 9.79. The van der Waals surface area contributed by atoms with Crippen molar-refractivity contribution in [2.24, 2.45) is 0 Å². The number of unbranched alkanes of at least 4 members (excludes halogenated alkanes) is 12. The fourth-order valence-corrected chi connectivity index (χ4v) is 4.74. The highest BCUT2D eigenvalue weighted by Gasteiger charge is 2.32. The summed E-state index contributed by atoms with van der Waals surface area (Å²) in [6.07, 6.45) is 24.7. The smallest absolute Gasteiger partial charge is 0.0648 e. The van der Waals surface area contributed by atoms with Crippen molar-refractivity contribution in [2.45, 2.75) is 180 Å². The number of hydrogen-bond donors (Lipinski definition) is 2. The Balaban J connectivity index is 4.82. The molecule has 2 heteroatoms. The summed E-state index contributed by atoms with van der Waals surface area (Å²) in [7, 11) is 0. The first-order valence-corrected chi connectivity index (χ1v) is 13.9. The summed E-state index contributed by atoms with van der Waals surface area (Å²) in [5.41, 5.74) is -1.13.